The Morgan fingerprint density at radius 3 is 2.32 bits per heavy atom. The maximum absolute atomic E-state index is 12.2. The van der Waals surface area contributed by atoms with Crippen LogP contribution in [0.15, 0.2) is 58.3 Å². The van der Waals surface area contributed by atoms with Crippen LogP contribution in [0.5, 0.6) is 0 Å². The van der Waals surface area contributed by atoms with Gasteiger partial charge in [0.15, 0.2) is 0 Å². The van der Waals surface area contributed by atoms with Gasteiger partial charge in [0.1, 0.15) is 0 Å². The predicted molar refractivity (Wildman–Crippen MR) is 79.9 cm³/mol. The molecule has 4 nitrogen and oxygen atoms in total. The lowest BCUT2D eigenvalue weighted by molar-refractivity contribution is 0.601. The molecule has 0 saturated carbocycles. The Hall–Kier alpha value is -1.66. The van der Waals surface area contributed by atoms with Crippen LogP contribution in [0.25, 0.3) is 0 Å². The lowest BCUT2D eigenvalue weighted by atomic mass is 10.3. The largest absolute Gasteiger partial charge is 0.399 e. The molecule has 2 aromatic rings. The Balaban J connectivity index is 2.34. The molecule has 2 aromatic carbocycles. The summed E-state index contributed by atoms with van der Waals surface area (Å²) in [5.74, 6) is 0. The second-order valence-corrected chi connectivity index (χ2v) is 6.41. The molecular formula is C13H14N2O2S2. The van der Waals surface area contributed by atoms with E-state index in [1.807, 2.05) is 18.4 Å². The lowest BCUT2D eigenvalue weighted by Gasteiger charge is -2.11. The van der Waals surface area contributed by atoms with Crippen molar-refractivity contribution in [1.29, 1.82) is 0 Å². The van der Waals surface area contributed by atoms with Crippen LogP contribution in [-0.2, 0) is 10.0 Å². The SMILES string of the molecule is CSc1ccccc1NS(=O)(=O)c1ccc(N)cc1. The molecule has 0 aliphatic heterocycles. The number of nitrogen functional groups attached to an aromatic ring is 1. The maximum Gasteiger partial charge on any atom is 0.261 e. The van der Waals surface area contributed by atoms with Crippen LogP contribution in [0, 0.1) is 0 Å². The molecule has 0 spiro atoms. The molecule has 100 valence electrons. The summed E-state index contributed by atoms with van der Waals surface area (Å²) in [7, 11) is -3.58. The summed E-state index contributed by atoms with van der Waals surface area (Å²) >= 11 is 1.49. The summed E-state index contributed by atoms with van der Waals surface area (Å²) in [5.41, 5.74) is 6.66. The minimum absolute atomic E-state index is 0.192. The van der Waals surface area contributed by atoms with Crippen molar-refractivity contribution in [2.24, 2.45) is 0 Å². The molecule has 0 aliphatic rings. The van der Waals surface area contributed by atoms with Gasteiger partial charge in [0, 0.05) is 10.6 Å². The Morgan fingerprint density at radius 1 is 1.05 bits per heavy atom. The molecule has 0 atom stereocenters. The average molecular weight is 294 g/mol. The van der Waals surface area contributed by atoms with Gasteiger partial charge in [-0.2, -0.15) is 0 Å². The van der Waals surface area contributed by atoms with E-state index in [1.54, 1.807) is 24.3 Å². The number of anilines is 2. The topological polar surface area (TPSA) is 72.2 Å². The fourth-order valence-corrected chi connectivity index (χ4v) is 3.28. The number of rotatable bonds is 4. The highest BCUT2D eigenvalue weighted by Crippen LogP contribution is 2.27. The third kappa shape index (κ3) is 3.21. The first-order valence-corrected chi connectivity index (χ1v) is 8.25. The molecule has 0 heterocycles. The van der Waals surface area contributed by atoms with Crippen molar-refractivity contribution in [2.45, 2.75) is 9.79 Å². The normalized spacial score (nSPS) is 11.2. The van der Waals surface area contributed by atoms with Crippen molar-refractivity contribution in [3.8, 4) is 0 Å². The highest BCUT2D eigenvalue weighted by molar-refractivity contribution is 7.99. The van der Waals surface area contributed by atoms with E-state index in [0.29, 0.717) is 11.4 Å². The Kier molecular flexibility index (Phi) is 4.01. The van der Waals surface area contributed by atoms with E-state index in [-0.39, 0.29) is 4.90 Å². The second kappa shape index (κ2) is 5.54. The van der Waals surface area contributed by atoms with Gasteiger partial charge in [-0.1, -0.05) is 12.1 Å². The van der Waals surface area contributed by atoms with Crippen LogP contribution >= 0.6 is 11.8 Å². The zero-order valence-electron chi connectivity index (χ0n) is 10.3. The number of benzene rings is 2. The summed E-state index contributed by atoms with van der Waals surface area (Å²) in [4.78, 5) is 1.07. The fraction of sp³-hybridized carbons (Fsp3) is 0.0769. The van der Waals surface area contributed by atoms with Crippen molar-refractivity contribution >= 4 is 33.2 Å². The smallest absolute Gasteiger partial charge is 0.261 e. The van der Waals surface area contributed by atoms with Crippen LogP contribution in [0.3, 0.4) is 0 Å². The summed E-state index contributed by atoms with van der Waals surface area (Å²) in [6.07, 6.45) is 1.90. The van der Waals surface area contributed by atoms with Crippen LogP contribution < -0.4 is 10.5 Å². The average Bonchev–Trinajstić information content (AvgIpc) is 2.39. The quantitative estimate of drug-likeness (QED) is 0.672. The summed E-state index contributed by atoms with van der Waals surface area (Å²) in [6, 6.07) is 13.4. The molecule has 0 bridgehead atoms. The van der Waals surface area contributed by atoms with Crippen molar-refractivity contribution < 1.29 is 8.42 Å². The first kappa shape index (κ1) is 13.8. The van der Waals surface area contributed by atoms with Gasteiger partial charge in [-0.3, -0.25) is 4.72 Å². The molecule has 0 aliphatic carbocycles. The number of nitrogens with one attached hydrogen (secondary N) is 1. The third-order valence-electron chi connectivity index (χ3n) is 2.54. The first-order chi connectivity index (χ1) is 9.03. The summed E-state index contributed by atoms with van der Waals surface area (Å²) < 4.78 is 27.0. The van der Waals surface area contributed by atoms with Crippen molar-refractivity contribution in [1.82, 2.24) is 0 Å². The highest BCUT2D eigenvalue weighted by atomic mass is 32.2. The van der Waals surface area contributed by atoms with E-state index < -0.39 is 10.0 Å². The number of nitrogens with two attached hydrogens (primary N) is 1. The van der Waals surface area contributed by atoms with Crippen molar-refractivity contribution in [2.75, 3.05) is 16.7 Å². The monoisotopic (exact) mass is 294 g/mol. The molecule has 2 rings (SSSR count). The van der Waals surface area contributed by atoms with Crippen LogP contribution in [0.4, 0.5) is 11.4 Å². The molecule has 19 heavy (non-hydrogen) atoms. The van der Waals surface area contributed by atoms with E-state index in [9.17, 15) is 8.42 Å². The first-order valence-electron chi connectivity index (χ1n) is 5.54. The van der Waals surface area contributed by atoms with E-state index in [4.69, 9.17) is 5.73 Å². The Morgan fingerprint density at radius 2 is 1.68 bits per heavy atom. The number of sulfonamides is 1. The molecular weight excluding hydrogens is 280 g/mol. The van der Waals surface area contributed by atoms with Gasteiger partial charge in [-0.05, 0) is 42.7 Å². The fourth-order valence-electron chi connectivity index (χ4n) is 1.58. The Labute approximate surface area is 117 Å². The van der Waals surface area contributed by atoms with Gasteiger partial charge >= 0.3 is 0 Å². The van der Waals surface area contributed by atoms with E-state index in [1.165, 1.54) is 23.9 Å². The van der Waals surface area contributed by atoms with Crippen LogP contribution in [-0.4, -0.2) is 14.7 Å². The maximum atomic E-state index is 12.2. The number of thioether (sulfide) groups is 1. The van der Waals surface area contributed by atoms with E-state index in [0.717, 1.165) is 4.90 Å². The third-order valence-corrected chi connectivity index (χ3v) is 4.72. The number of hydrogen-bond donors (Lipinski definition) is 2. The molecule has 0 saturated heterocycles. The zero-order chi connectivity index (χ0) is 13.9. The van der Waals surface area contributed by atoms with Gasteiger partial charge in [-0.25, -0.2) is 8.42 Å². The second-order valence-electron chi connectivity index (χ2n) is 3.87. The molecule has 0 unspecified atom stereocenters. The summed E-state index contributed by atoms with van der Waals surface area (Å²) in [5, 5.41) is 0. The van der Waals surface area contributed by atoms with Crippen molar-refractivity contribution in [3.05, 3.63) is 48.5 Å². The molecule has 0 amide bonds. The van der Waals surface area contributed by atoms with Gasteiger partial charge in [-0.15, -0.1) is 11.8 Å². The van der Waals surface area contributed by atoms with Gasteiger partial charge < -0.3 is 5.73 Å². The molecule has 0 fully saturated rings. The Bertz CT molecular complexity index is 667. The van der Waals surface area contributed by atoms with E-state index in [2.05, 4.69) is 4.72 Å². The van der Waals surface area contributed by atoms with Gasteiger partial charge in [0.25, 0.3) is 10.0 Å². The lowest BCUT2D eigenvalue weighted by Crippen LogP contribution is -2.13. The summed E-state index contributed by atoms with van der Waals surface area (Å²) in [6.45, 7) is 0. The standard InChI is InChI=1S/C13H14N2O2S2/c1-18-13-5-3-2-4-12(13)15-19(16,17)11-8-6-10(14)7-9-11/h2-9,15H,14H2,1H3. The number of para-hydroxylation sites is 1. The van der Waals surface area contributed by atoms with Gasteiger partial charge in [0.2, 0.25) is 0 Å². The van der Waals surface area contributed by atoms with Gasteiger partial charge in [0.05, 0.1) is 10.6 Å². The molecule has 0 aromatic heterocycles. The highest BCUT2D eigenvalue weighted by Gasteiger charge is 2.15. The predicted octanol–water partition coefficient (Wildman–Crippen LogP) is 2.79. The van der Waals surface area contributed by atoms with Crippen LogP contribution in [0.2, 0.25) is 0 Å². The molecule has 3 N–H and O–H groups in total. The number of hydrogen-bond acceptors (Lipinski definition) is 4. The minimum Gasteiger partial charge on any atom is -0.399 e. The minimum atomic E-state index is -3.58. The zero-order valence-corrected chi connectivity index (χ0v) is 12.0. The van der Waals surface area contributed by atoms with E-state index >= 15 is 0 Å². The van der Waals surface area contributed by atoms with Crippen molar-refractivity contribution in [3.63, 3.8) is 0 Å². The van der Waals surface area contributed by atoms with Crippen LogP contribution in [0.1, 0.15) is 0 Å². The molecule has 0 radical (unpaired) electrons. The molecule has 6 heteroatoms.